The first-order valence-electron chi connectivity index (χ1n) is 5.99. The van der Waals surface area contributed by atoms with Crippen molar-refractivity contribution >= 4 is 16.6 Å². The monoisotopic (exact) mass is 233 g/mol. The molecular weight excluding hydrogens is 217 g/mol. The number of hydrogen-bond donors (Lipinski definition) is 2. The molecule has 0 bridgehead atoms. The molecule has 90 valence electrons. The minimum atomic E-state index is -0.189. The molecule has 0 aliphatic carbocycles. The SMILES string of the molecule is Cc1[nH]c2cc(F)ccc2c1N1CCNCC1. The Morgan fingerprint density at radius 1 is 1.24 bits per heavy atom. The van der Waals surface area contributed by atoms with Crippen LogP contribution in [0.3, 0.4) is 0 Å². The van der Waals surface area contributed by atoms with Gasteiger partial charge in [-0.05, 0) is 25.1 Å². The number of anilines is 1. The molecule has 17 heavy (non-hydrogen) atoms. The number of fused-ring (bicyclic) bond motifs is 1. The highest BCUT2D eigenvalue weighted by Gasteiger charge is 2.17. The number of rotatable bonds is 1. The average Bonchev–Trinajstić information content (AvgIpc) is 2.65. The summed E-state index contributed by atoms with van der Waals surface area (Å²) in [5.41, 5.74) is 3.23. The third-order valence-electron chi connectivity index (χ3n) is 3.35. The molecule has 3 rings (SSSR count). The van der Waals surface area contributed by atoms with Crippen molar-refractivity contribution in [3.8, 4) is 0 Å². The minimum Gasteiger partial charge on any atom is -0.367 e. The topological polar surface area (TPSA) is 31.1 Å². The Morgan fingerprint density at radius 2 is 2.00 bits per heavy atom. The second kappa shape index (κ2) is 4.04. The van der Waals surface area contributed by atoms with E-state index in [2.05, 4.69) is 22.1 Å². The largest absolute Gasteiger partial charge is 0.367 e. The summed E-state index contributed by atoms with van der Waals surface area (Å²) in [6.07, 6.45) is 0. The Kier molecular flexibility index (Phi) is 2.52. The summed E-state index contributed by atoms with van der Waals surface area (Å²) < 4.78 is 13.2. The van der Waals surface area contributed by atoms with E-state index >= 15 is 0 Å². The van der Waals surface area contributed by atoms with E-state index in [9.17, 15) is 4.39 Å². The molecule has 1 saturated heterocycles. The van der Waals surface area contributed by atoms with Gasteiger partial charge in [-0.3, -0.25) is 0 Å². The first-order chi connectivity index (χ1) is 8.25. The molecule has 2 N–H and O–H groups in total. The van der Waals surface area contributed by atoms with Crippen molar-refractivity contribution in [3.05, 3.63) is 29.7 Å². The fraction of sp³-hybridized carbons (Fsp3) is 0.385. The van der Waals surface area contributed by atoms with Gasteiger partial charge in [-0.2, -0.15) is 0 Å². The number of H-pyrrole nitrogens is 1. The molecular formula is C13H16FN3. The molecule has 0 spiro atoms. The molecule has 0 radical (unpaired) electrons. The summed E-state index contributed by atoms with van der Waals surface area (Å²) in [5.74, 6) is -0.189. The van der Waals surface area contributed by atoms with Gasteiger partial charge in [0.15, 0.2) is 0 Å². The summed E-state index contributed by atoms with van der Waals surface area (Å²) in [5, 5.41) is 4.46. The van der Waals surface area contributed by atoms with Gasteiger partial charge >= 0.3 is 0 Å². The van der Waals surface area contributed by atoms with Crippen LogP contribution in [0, 0.1) is 12.7 Å². The van der Waals surface area contributed by atoms with Crippen molar-refractivity contribution in [3.63, 3.8) is 0 Å². The summed E-state index contributed by atoms with van der Waals surface area (Å²) in [6, 6.07) is 4.96. The van der Waals surface area contributed by atoms with Gasteiger partial charge in [0.05, 0.1) is 11.2 Å². The van der Waals surface area contributed by atoms with Gasteiger partial charge in [-0.1, -0.05) is 0 Å². The van der Waals surface area contributed by atoms with E-state index < -0.39 is 0 Å². The zero-order valence-corrected chi connectivity index (χ0v) is 9.89. The van der Waals surface area contributed by atoms with Crippen molar-refractivity contribution in [2.24, 2.45) is 0 Å². The maximum Gasteiger partial charge on any atom is 0.125 e. The molecule has 0 atom stereocenters. The molecule has 1 aromatic heterocycles. The number of aryl methyl sites for hydroxylation is 1. The number of aromatic amines is 1. The van der Waals surface area contributed by atoms with E-state index in [1.54, 1.807) is 6.07 Å². The van der Waals surface area contributed by atoms with Gasteiger partial charge in [0.25, 0.3) is 0 Å². The van der Waals surface area contributed by atoms with E-state index in [1.807, 2.05) is 6.07 Å². The highest BCUT2D eigenvalue weighted by molar-refractivity contribution is 5.94. The van der Waals surface area contributed by atoms with Crippen LogP contribution >= 0.6 is 0 Å². The van der Waals surface area contributed by atoms with Crippen LogP contribution in [0.5, 0.6) is 0 Å². The van der Waals surface area contributed by atoms with Gasteiger partial charge in [-0.25, -0.2) is 4.39 Å². The Morgan fingerprint density at radius 3 is 2.76 bits per heavy atom. The van der Waals surface area contributed by atoms with Crippen LogP contribution in [0.2, 0.25) is 0 Å². The van der Waals surface area contributed by atoms with Crippen molar-refractivity contribution in [2.75, 3.05) is 31.1 Å². The van der Waals surface area contributed by atoms with Crippen LogP contribution in [0.4, 0.5) is 10.1 Å². The fourth-order valence-corrected chi connectivity index (χ4v) is 2.59. The molecule has 1 fully saturated rings. The number of halogens is 1. The Bertz CT molecular complexity index is 541. The summed E-state index contributed by atoms with van der Waals surface area (Å²) in [7, 11) is 0. The zero-order chi connectivity index (χ0) is 11.8. The molecule has 0 unspecified atom stereocenters. The maximum atomic E-state index is 13.2. The van der Waals surface area contributed by atoms with Crippen molar-refractivity contribution in [1.82, 2.24) is 10.3 Å². The summed E-state index contributed by atoms with van der Waals surface area (Å²) in [6.45, 7) is 6.08. The van der Waals surface area contributed by atoms with Crippen LogP contribution in [0.25, 0.3) is 10.9 Å². The molecule has 2 aromatic rings. The van der Waals surface area contributed by atoms with Crippen LogP contribution in [-0.4, -0.2) is 31.2 Å². The number of nitrogens with zero attached hydrogens (tertiary/aromatic N) is 1. The highest BCUT2D eigenvalue weighted by Crippen LogP contribution is 2.31. The lowest BCUT2D eigenvalue weighted by molar-refractivity contribution is 0.589. The summed E-state index contributed by atoms with van der Waals surface area (Å²) >= 11 is 0. The molecule has 0 amide bonds. The number of piperazine rings is 1. The third kappa shape index (κ3) is 1.78. The fourth-order valence-electron chi connectivity index (χ4n) is 2.59. The van der Waals surface area contributed by atoms with Gasteiger partial charge in [0, 0.05) is 37.3 Å². The van der Waals surface area contributed by atoms with Gasteiger partial charge < -0.3 is 15.2 Å². The molecule has 1 aromatic carbocycles. The lowest BCUT2D eigenvalue weighted by Gasteiger charge is -2.29. The zero-order valence-electron chi connectivity index (χ0n) is 9.89. The minimum absolute atomic E-state index is 0.189. The van der Waals surface area contributed by atoms with E-state index in [0.717, 1.165) is 42.8 Å². The predicted molar refractivity (Wildman–Crippen MR) is 68.1 cm³/mol. The maximum absolute atomic E-state index is 13.2. The van der Waals surface area contributed by atoms with E-state index in [4.69, 9.17) is 0 Å². The van der Waals surface area contributed by atoms with Crippen LogP contribution in [-0.2, 0) is 0 Å². The quantitative estimate of drug-likeness (QED) is 0.789. The molecule has 0 saturated carbocycles. The van der Waals surface area contributed by atoms with Gasteiger partial charge in [0.1, 0.15) is 5.82 Å². The molecule has 4 heteroatoms. The number of nitrogens with one attached hydrogen (secondary N) is 2. The van der Waals surface area contributed by atoms with Gasteiger partial charge in [-0.15, -0.1) is 0 Å². The van der Waals surface area contributed by atoms with E-state index in [1.165, 1.54) is 11.8 Å². The van der Waals surface area contributed by atoms with Gasteiger partial charge in [0.2, 0.25) is 0 Å². The molecule has 2 heterocycles. The molecule has 3 nitrogen and oxygen atoms in total. The first kappa shape index (κ1) is 10.6. The molecule has 1 aliphatic heterocycles. The highest BCUT2D eigenvalue weighted by atomic mass is 19.1. The van der Waals surface area contributed by atoms with Crippen LogP contribution in [0.15, 0.2) is 18.2 Å². The van der Waals surface area contributed by atoms with E-state index in [0.29, 0.717) is 0 Å². The number of hydrogen-bond acceptors (Lipinski definition) is 2. The second-order valence-electron chi connectivity index (χ2n) is 4.53. The first-order valence-corrected chi connectivity index (χ1v) is 5.99. The predicted octanol–water partition coefficient (Wildman–Crippen LogP) is 2.03. The third-order valence-corrected chi connectivity index (χ3v) is 3.35. The Balaban J connectivity index is 2.11. The van der Waals surface area contributed by atoms with Crippen LogP contribution in [0.1, 0.15) is 5.69 Å². The van der Waals surface area contributed by atoms with Crippen molar-refractivity contribution in [2.45, 2.75) is 6.92 Å². The smallest absolute Gasteiger partial charge is 0.125 e. The summed E-state index contributed by atoms with van der Waals surface area (Å²) in [4.78, 5) is 5.63. The lowest BCUT2D eigenvalue weighted by atomic mass is 10.2. The number of aromatic nitrogens is 1. The van der Waals surface area contributed by atoms with E-state index in [-0.39, 0.29) is 5.82 Å². The Hall–Kier alpha value is -1.55. The van der Waals surface area contributed by atoms with Crippen molar-refractivity contribution < 1.29 is 4.39 Å². The second-order valence-corrected chi connectivity index (χ2v) is 4.53. The van der Waals surface area contributed by atoms with Crippen LogP contribution < -0.4 is 10.2 Å². The Labute approximate surface area is 99.6 Å². The average molecular weight is 233 g/mol. The lowest BCUT2D eigenvalue weighted by Crippen LogP contribution is -2.43. The number of benzene rings is 1. The normalized spacial score (nSPS) is 16.7. The standard InChI is InChI=1S/C13H16FN3/c1-9-13(17-6-4-15-5-7-17)11-3-2-10(14)8-12(11)16-9/h2-3,8,15-16H,4-7H2,1H3. The van der Waals surface area contributed by atoms with Crippen molar-refractivity contribution in [1.29, 1.82) is 0 Å². The molecule has 1 aliphatic rings.